The van der Waals surface area contributed by atoms with E-state index in [1.54, 1.807) is 26.0 Å². The number of esters is 1. The van der Waals surface area contributed by atoms with Gasteiger partial charge in [-0.1, -0.05) is 39.3 Å². The molecule has 0 aromatic carbocycles. The number of ketones is 2. The Bertz CT molecular complexity index is 1010. The van der Waals surface area contributed by atoms with Gasteiger partial charge in [0.25, 0.3) is 0 Å². The summed E-state index contributed by atoms with van der Waals surface area (Å²) < 4.78 is 16.1. The topological polar surface area (TPSA) is 116 Å². The van der Waals surface area contributed by atoms with Gasteiger partial charge in [-0.15, -0.1) is 0 Å². The van der Waals surface area contributed by atoms with Crippen LogP contribution in [0.5, 0.6) is 0 Å². The Morgan fingerprint density at radius 3 is 2.56 bits per heavy atom. The summed E-state index contributed by atoms with van der Waals surface area (Å²) in [5, 5.41) is 11.7. The first kappa shape index (κ1) is 26.6. The maximum absolute atomic E-state index is 13.7. The zero-order valence-corrected chi connectivity index (χ0v) is 21.9. The molecule has 0 aromatic heterocycles. The number of aliphatic hydroxyl groups excluding tert-OH is 1. The minimum absolute atomic E-state index is 0.0157. The van der Waals surface area contributed by atoms with Crippen molar-refractivity contribution in [2.24, 2.45) is 34.5 Å². The molecule has 3 fully saturated rings. The molecule has 0 radical (unpaired) electrons. The van der Waals surface area contributed by atoms with Crippen LogP contribution in [0.3, 0.4) is 0 Å². The van der Waals surface area contributed by atoms with E-state index in [1.165, 1.54) is 0 Å². The maximum atomic E-state index is 13.7. The lowest BCUT2D eigenvalue weighted by molar-refractivity contribution is -0.187. The van der Waals surface area contributed by atoms with E-state index in [-0.39, 0.29) is 55.3 Å². The van der Waals surface area contributed by atoms with Crippen molar-refractivity contribution in [2.45, 2.75) is 78.4 Å². The number of hydrogen-bond donors (Lipinski definition) is 1. The quantitative estimate of drug-likeness (QED) is 0.543. The minimum atomic E-state index is -1.57. The molecule has 4 aliphatic rings. The molecule has 0 spiro atoms. The van der Waals surface area contributed by atoms with Crippen molar-refractivity contribution in [3.05, 3.63) is 23.8 Å². The first-order valence-electron chi connectivity index (χ1n) is 13.1. The molecule has 8 nitrogen and oxygen atoms in total. The Balaban J connectivity index is 1.73. The van der Waals surface area contributed by atoms with Gasteiger partial charge in [-0.25, -0.2) is 4.79 Å². The molecular formula is C28H38O8. The van der Waals surface area contributed by atoms with E-state index in [2.05, 4.69) is 13.8 Å². The molecule has 0 aliphatic heterocycles. The van der Waals surface area contributed by atoms with Gasteiger partial charge in [-0.2, -0.15) is 0 Å². The Morgan fingerprint density at radius 1 is 1.17 bits per heavy atom. The third-order valence-electron chi connectivity index (χ3n) is 9.56. The fraction of sp³-hybridized carbons (Fsp3) is 0.714. The van der Waals surface area contributed by atoms with Gasteiger partial charge in [0.15, 0.2) is 18.0 Å². The van der Waals surface area contributed by atoms with Crippen LogP contribution in [0.4, 0.5) is 4.79 Å². The van der Waals surface area contributed by atoms with Crippen LogP contribution in [0, 0.1) is 34.5 Å². The molecule has 4 aliphatic carbocycles. The molecule has 8 atom stereocenters. The molecule has 0 saturated heterocycles. The molecule has 0 aromatic rings. The van der Waals surface area contributed by atoms with Gasteiger partial charge in [-0.05, 0) is 62.5 Å². The monoisotopic (exact) mass is 502 g/mol. The molecule has 8 heteroatoms. The lowest BCUT2D eigenvalue weighted by atomic mass is 9.44. The number of ether oxygens (including phenoxy) is 3. The lowest BCUT2D eigenvalue weighted by Crippen LogP contribution is -2.63. The Morgan fingerprint density at radius 2 is 1.89 bits per heavy atom. The van der Waals surface area contributed by atoms with Crippen molar-refractivity contribution in [3.8, 4) is 0 Å². The standard InChI is InChI=1S/C28H38O8/c1-6-23(32)35-15-22(31)28(36-25(33)34-7-2)11-9-19-18-12-16(3)20-13-17(29)8-10-26(20,4)24(18)21(30)14-27(19,28)5/h8,10,13,16,18-19,21,24,30H,6-7,9,11-12,14-15H2,1-5H3/t16-,18-,19-,21?,24+,26-,27-,28-/m0/s1. The van der Waals surface area contributed by atoms with Gasteiger partial charge in [0.1, 0.15) is 0 Å². The average molecular weight is 503 g/mol. The Kier molecular flexibility index (Phi) is 6.97. The van der Waals surface area contributed by atoms with Gasteiger partial charge in [-0.3, -0.25) is 14.4 Å². The summed E-state index contributed by atoms with van der Waals surface area (Å²) in [5.74, 6) is -0.990. The van der Waals surface area contributed by atoms with E-state index in [0.717, 1.165) is 12.0 Å². The number of carbonyl (C=O) groups excluding carboxylic acids is 4. The van der Waals surface area contributed by atoms with Crippen molar-refractivity contribution in [1.82, 2.24) is 0 Å². The summed E-state index contributed by atoms with van der Waals surface area (Å²) in [4.78, 5) is 50.3. The highest BCUT2D eigenvalue weighted by molar-refractivity contribution is 6.01. The third-order valence-corrected chi connectivity index (χ3v) is 9.56. The second-order valence-corrected chi connectivity index (χ2v) is 11.3. The Hall–Kier alpha value is -2.48. The minimum Gasteiger partial charge on any atom is -0.457 e. The average Bonchev–Trinajstić information content (AvgIpc) is 3.10. The zero-order chi connectivity index (χ0) is 26.5. The second-order valence-electron chi connectivity index (χ2n) is 11.3. The highest BCUT2D eigenvalue weighted by Crippen LogP contribution is 2.68. The van der Waals surface area contributed by atoms with E-state index in [0.29, 0.717) is 6.42 Å². The summed E-state index contributed by atoms with van der Waals surface area (Å²) in [6.07, 6.45) is 5.56. The molecule has 3 saturated carbocycles. The van der Waals surface area contributed by atoms with E-state index >= 15 is 0 Å². The molecule has 1 N–H and O–H groups in total. The second kappa shape index (κ2) is 9.43. The van der Waals surface area contributed by atoms with Crippen LogP contribution in [-0.2, 0) is 28.6 Å². The molecule has 0 amide bonds. The van der Waals surface area contributed by atoms with E-state index < -0.39 is 47.0 Å². The predicted molar refractivity (Wildman–Crippen MR) is 130 cm³/mol. The molecule has 0 heterocycles. The first-order chi connectivity index (χ1) is 16.9. The molecule has 1 unspecified atom stereocenters. The van der Waals surface area contributed by atoms with Crippen LogP contribution < -0.4 is 0 Å². The zero-order valence-electron chi connectivity index (χ0n) is 21.9. The van der Waals surface area contributed by atoms with Gasteiger partial charge < -0.3 is 19.3 Å². The first-order valence-corrected chi connectivity index (χ1v) is 13.1. The van der Waals surface area contributed by atoms with Gasteiger partial charge >= 0.3 is 12.1 Å². The SMILES string of the molecule is CCOC(=O)O[C@]1(C(=O)COC(=O)CC)CC[C@H]2[C@@H]3C[C@H](C)C4=CC(=O)C=C[C@]4(C)[C@H]3C(O)C[C@@]21C. The van der Waals surface area contributed by atoms with Crippen LogP contribution in [0.1, 0.15) is 66.7 Å². The van der Waals surface area contributed by atoms with Gasteiger partial charge in [0.05, 0.1) is 12.7 Å². The molecule has 0 bridgehead atoms. The van der Waals surface area contributed by atoms with Crippen molar-refractivity contribution in [3.63, 3.8) is 0 Å². The summed E-state index contributed by atoms with van der Waals surface area (Å²) in [7, 11) is 0. The number of hydrogen-bond acceptors (Lipinski definition) is 8. The van der Waals surface area contributed by atoms with Gasteiger partial charge in [0.2, 0.25) is 5.78 Å². The third kappa shape index (κ3) is 3.92. The van der Waals surface area contributed by atoms with Crippen LogP contribution in [0.25, 0.3) is 0 Å². The van der Waals surface area contributed by atoms with E-state index in [4.69, 9.17) is 14.2 Å². The smallest absolute Gasteiger partial charge is 0.457 e. The lowest BCUT2D eigenvalue weighted by Gasteiger charge is -2.61. The summed E-state index contributed by atoms with van der Waals surface area (Å²) in [6.45, 7) is 9.02. The maximum Gasteiger partial charge on any atom is 0.509 e. The molecule has 36 heavy (non-hydrogen) atoms. The van der Waals surface area contributed by atoms with Gasteiger partial charge in [0, 0.05) is 23.2 Å². The van der Waals surface area contributed by atoms with E-state index in [1.807, 2.05) is 13.0 Å². The number of rotatable bonds is 6. The predicted octanol–water partition coefficient (Wildman–Crippen LogP) is 3.95. The van der Waals surface area contributed by atoms with Crippen molar-refractivity contribution in [2.75, 3.05) is 13.2 Å². The number of Topliss-reactive ketones (excluding diaryl/α,β-unsaturated/α-hetero) is 1. The summed E-state index contributed by atoms with van der Waals surface area (Å²) in [6, 6.07) is 0. The van der Waals surface area contributed by atoms with Crippen LogP contribution in [0.15, 0.2) is 23.8 Å². The van der Waals surface area contributed by atoms with E-state index in [9.17, 15) is 24.3 Å². The summed E-state index contributed by atoms with van der Waals surface area (Å²) in [5.41, 5.74) is -1.86. The summed E-state index contributed by atoms with van der Waals surface area (Å²) >= 11 is 0. The highest BCUT2D eigenvalue weighted by atomic mass is 16.7. The van der Waals surface area contributed by atoms with Crippen molar-refractivity contribution in [1.29, 1.82) is 0 Å². The molecular weight excluding hydrogens is 464 g/mol. The normalized spacial score (nSPS) is 40.9. The fourth-order valence-corrected chi connectivity index (χ4v) is 8.07. The number of aliphatic hydroxyl groups is 1. The number of allylic oxidation sites excluding steroid dienone is 4. The number of fused-ring (bicyclic) bond motifs is 5. The highest BCUT2D eigenvalue weighted by Gasteiger charge is 2.71. The van der Waals surface area contributed by atoms with Crippen LogP contribution in [0.2, 0.25) is 0 Å². The number of carbonyl (C=O) groups is 4. The molecule has 198 valence electrons. The fourth-order valence-electron chi connectivity index (χ4n) is 8.07. The van der Waals surface area contributed by atoms with Crippen molar-refractivity contribution < 1.29 is 38.5 Å². The Labute approximate surface area is 212 Å². The van der Waals surface area contributed by atoms with Crippen LogP contribution in [-0.4, -0.2) is 53.7 Å². The largest absolute Gasteiger partial charge is 0.509 e. The van der Waals surface area contributed by atoms with Crippen molar-refractivity contribution >= 4 is 23.7 Å². The molecule has 4 rings (SSSR count). The van der Waals surface area contributed by atoms with Crippen LogP contribution >= 0.6 is 0 Å².